The molecule has 3 aromatic rings. The van der Waals surface area contributed by atoms with Gasteiger partial charge in [0, 0.05) is 24.2 Å². The molecule has 2 N–H and O–H groups in total. The third-order valence-corrected chi connectivity index (χ3v) is 5.33. The maximum atomic E-state index is 13.8. The molecular formula is C22H21BrF2N2O3. The Labute approximate surface area is 181 Å². The van der Waals surface area contributed by atoms with E-state index >= 15 is 0 Å². The van der Waals surface area contributed by atoms with Crippen LogP contribution in [-0.2, 0) is 26.3 Å². The Morgan fingerprint density at radius 1 is 1.10 bits per heavy atom. The molecule has 0 atom stereocenters. The van der Waals surface area contributed by atoms with Crippen molar-refractivity contribution >= 4 is 15.9 Å². The first kappa shape index (κ1) is 22.1. The van der Waals surface area contributed by atoms with Gasteiger partial charge in [-0.05, 0) is 46.2 Å². The topological polar surface area (TPSA) is 63.5 Å². The van der Waals surface area contributed by atoms with Crippen molar-refractivity contribution in [2.45, 2.75) is 26.3 Å². The summed E-state index contributed by atoms with van der Waals surface area (Å²) < 4.78 is 34.0. The molecule has 0 fully saturated rings. The van der Waals surface area contributed by atoms with E-state index in [4.69, 9.17) is 4.74 Å². The molecule has 0 saturated carbocycles. The molecule has 1 aromatic heterocycles. The van der Waals surface area contributed by atoms with E-state index in [0.29, 0.717) is 5.69 Å². The lowest BCUT2D eigenvalue weighted by atomic mass is 10.1. The molecule has 0 aliphatic heterocycles. The molecule has 8 heteroatoms. The standard InChI is InChI=1S/C22H21BrF2N2O3/c1-26-10-14-2-4-15(5-3-14)11-27-18(12-28)9-20(21(23)22(27)29)30-13-16-6-7-17(24)8-19(16)25/h2-9,26,28H,10-13H2,1H3. The Morgan fingerprint density at radius 3 is 2.43 bits per heavy atom. The van der Waals surface area contributed by atoms with E-state index in [-0.39, 0.29) is 41.1 Å². The molecule has 0 aliphatic rings. The number of rotatable bonds is 8. The quantitative estimate of drug-likeness (QED) is 0.517. The van der Waals surface area contributed by atoms with Gasteiger partial charge in [-0.25, -0.2) is 8.78 Å². The fourth-order valence-corrected chi connectivity index (χ4v) is 3.44. The number of hydrogen-bond acceptors (Lipinski definition) is 4. The number of nitrogens with zero attached hydrogens (tertiary/aromatic N) is 1. The van der Waals surface area contributed by atoms with Crippen LogP contribution in [0.5, 0.6) is 5.75 Å². The van der Waals surface area contributed by atoms with Crippen molar-refractivity contribution in [2.24, 2.45) is 0 Å². The maximum absolute atomic E-state index is 13.8. The Morgan fingerprint density at radius 2 is 1.80 bits per heavy atom. The highest BCUT2D eigenvalue weighted by molar-refractivity contribution is 9.10. The molecular weight excluding hydrogens is 458 g/mol. The highest BCUT2D eigenvalue weighted by Crippen LogP contribution is 2.25. The molecule has 0 aliphatic carbocycles. The second-order valence-electron chi connectivity index (χ2n) is 6.73. The molecule has 0 spiro atoms. The van der Waals surface area contributed by atoms with Gasteiger partial charge in [-0.3, -0.25) is 4.79 Å². The SMILES string of the molecule is CNCc1ccc(Cn2c(CO)cc(OCc3ccc(F)cc3F)c(Br)c2=O)cc1. The molecule has 3 rings (SSSR count). The molecule has 1 heterocycles. The number of aromatic nitrogens is 1. The van der Waals surface area contributed by atoms with E-state index in [2.05, 4.69) is 21.2 Å². The van der Waals surface area contributed by atoms with E-state index in [1.54, 1.807) is 0 Å². The average molecular weight is 479 g/mol. The van der Waals surface area contributed by atoms with Crippen LogP contribution in [0.1, 0.15) is 22.4 Å². The molecule has 0 unspecified atom stereocenters. The molecule has 5 nitrogen and oxygen atoms in total. The number of ether oxygens (including phenoxy) is 1. The highest BCUT2D eigenvalue weighted by Gasteiger charge is 2.15. The van der Waals surface area contributed by atoms with Crippen LogP contribution in [0.25, 0.3) is 0 Å². The second kappa shape index (κ2) is 9.97. The minimum absolute atomic E-state index is 0.152. The first-order valence-corrected chi connectivity index (χ1v) is 10.0. The number of nitrogens with one attached hydrogen (secondary N) is 1. The van der Waals surface area contributed by atoms with Crippen LogP contribution < -0.4 is 15.6 Å². The number of halogens is 3. The molecule has 0 amide bonds. The Balaban J connectivity index is 1.84. The van der Waals surface area contributed by atoms with Gasteiger partial charge >= 0.3 is 0 Å². The fraction of sp³-hybridized carbons (Fsp3) is 0.227. The number of benzene rings is 2. The Hall–Kier alpha value is -2.55. The van der Waals surface area contributed by atoms with Gasteiger partial charge in [0.2, 0.25) is 0 Å². The van der Waals surface area contributed by atoms with E-state index in [1.165, 1.54) is 16.7 Å². The largest absolute Gasteiger partial charge is 0.487 e. The summed E-state index contributed by atoms with van der Waals surface area (Å²) in [5.74, 6) is -1.24. The van der Waals surface area contributed by atoms with Crippen LogP contribution in [0.3, 0.4) is 0 Å². The van der Waals surface area contributed by atoms with Crippen molar-refractivity contribution in [2.75, 3.05) is 7.05 Å². The van der Waals surface area contributed by atoms with Gasteiger partial charge in [-0.2, -0.15) is 0 Å². The van der Waals surface area contributed by atoms with Crippen LogP contribution in [0.15, 0.2) is 57.8 Å². The van der Waals surface area contributed by atoms with Crippen LogP contribution >= 0.6 is 15.9 Å². The van der Waals surface area contributed by atoms with Crippen molar-refractivity contribution in [1.29, 1.82) is 0 Å². The van der Waals surface area contributed by atoms with Crippen molar-refractivity contribution in [3.8, 4) is 5.75 Å². The molecule has 2 aromatic carbocycles. The van der Waals surface area contributed by atoms with E-state index in [1.807, 2.05) is 31.3 Å². The smallest absolute Gasteiger partial charge is 0.269 e. The maximum Gasteiger partial charge on any atom is 0.269 e. The lowest BCUT2D eigenvalue weighted by Crippen LogP contribution is -2.25. The predicted octanol–water partition coefficient (Wildman–Crippen LogP) is 3.73. The molecule has 0 radical (unpaired) electrons. The summed E-state index contributed by atoms with van der Waals surface area (Å²) in [4.78, 5) is 12.9. The third-order valence-electron chi connectivity index (χ3n) is 4.60. The number of aliphatic hydroxyl groups is 1. The second-order valence-corrected chi connectivity index (χ2v) is 7.53. The zero-order valence-corrected chi connectivity index (χ0v) is 17.9. The summed E-state index contributed by atoms with van der Waals surface area (Å²) in [6, 6.07) is 12.5. The lowest BCUT2D eigenvalue weighted by Gasteiger charge is -2.16. The minimum Gasteiger partial charge on any atom is -0.487 e. The fourth-order valence-electron chi connectivity index (χ4n) is 3.00. The van der Waals surface area contributed by atoms with Crippen LogP contribution in [-0.4, -0.2) is 16.7 Å². The zero-order valence-electron chi connectivity index (χ0n) is 16.3. The summed E-state index contributed by atoms with van der Waals surface area (Å²) in [6.45, 7) is 0.460. The van der Waals surface area contributed by atoms with Gasteiger partial charge in [0.05, 0.1) is 18.8 Å². The zero-order chi connectivity index (χ0) is 21.7. The third kappa shape index (κ3) is 5.13. The van der Waals surface area contributed by atoms with Gasteiger partial charge in [0.25, 0.3) is 5.56 Å². The monoisotopic (exact) mass is 478 g/mol. The van der Waals surface area contributed by atoms with Crippen LogP contribution in [0.2, 0.25) is 0 Å². The average Bonchev–Trinajstić information content (AvgIpc) is 2.73. The number of hydrogen-bond donors (Lipinski definition) is 2. The molecule has 0 saturated heterocycles. The van der Waals surface area contributed by atoms with Gasteiger partial charge in [-0.15, -0.1) is 0 Å². The van der Waals surface area contributed by atoms with Crippen LogP contribution in [0, 0.1) is 11.6 Å². The normalized spacial score (nSPS) is 11.0. The van der Waals surface area contributed by atoms with Crippen molar-refractivity contribution in [3.05, 3.63) is 97.4 Å². The predicted molar refractivity (Wildman–Crippen MR) is 113 cm³/mol. The van der Waals surface area contributed by atoms with Gasteiger partial charge < -0.3 is 19.7 Å². The Bertz CT molecular complexity index is 1080. The molecule has 30 heavy (non-hydrogen) atoms. The van der Waals surface area contributed by atoms with Crippen molar-refractivity contribution in [1.82, 2.24) is 9.88 Å². The highest BCUT2D eigenvalue weighted by atomic mass is 79.9. The van der Waals surface area contributed by atoms with Crippen molar-refractivity contribution < 1.29 is 18.6 Å². The van der Waals surface area contributed by atoms with E-state index < -0.39 is 11.6 Å². The van der Waals surface area contributed by atoms with E-state index in [9.17, 15) is 18.7 Å². The lowest BCUT2D eigenvalue weighted by molar-refractivity contribution is 0.264. The summed E-state index contributed by atoms with van der Waals surface area (Å²) >= 11 is 3.24. The van der Waals surface area contributed by atoms with Gasteiger partial charge in [0.15, 0.2) is 0 Å². The Kier molecular flexibility index (Phi) is 7.36. The summed E-state index contributed by atoms with van der Waals surface area (Å²) in [6.07, 6.45) is 0. The summed E-state index contributed by atoms with van der Waals surface area (Å²) in [5, 5.41) is 12.8. The molecule has 0 bridgehead atoms. The van der Waals surface area contributed by atoms with E-state index in [0.717, 1.165) is 29.8 Å². The number of aliphatic hydroxyl groups excluding tert-OH is 1. The summed E-state index contributed by atoms with van der Waals surface area (Å²) in [7, 11) is 1.87. The first-order valence-electron chi connectivity index (χ1n) is 9.25. The first-order chi connectivity index (χ1) is 14.4. The number of pyridine rings is 1. The van der Waals surface area contributed by atoms with Crippen molar-refractivity contribution in [3.63, 3.8) is 0 Å². The van der Waals surface area contributed by atoms with Crippen LogP contribution in [0.4, 0.5) is 8.78 Å². The van der Waals surface area contributed by atoms with Gasteiger partial charge in [0.1, 0.15) is 28.5 Å². The minimum atomic E-state index is -0.733. The van der Waals surface area contributed by atoms with Gasteiger partial charge in [-0.1, -0.05) is 24.3 Å². The molecule has 158 valence electrons. The summed E-state index contributed by atoms with van der Waals surface area (Å²) in [5.41, 5.74) is 2.15.